The van der Waals surface area contributed by atoms with Crippen LogP contribution in [-0.4, -0.2) is 50.2 Å². The quantitative estimate of drug-likeness (QED) is 0.869. The van der Waals surface area contributed by atoms with Crippen molar-refractivity contribution in [3.8, 4) is 0 Å². The molecule has 3 rings (SSSR count). The Balaban J connectivity index is 1.69. The lowest BCUT2D eigenvalue weighted by Gasteiger charge is -2.26. The lowest BCUT2D eigenvalue weighted by atomic mass is 10.0. The molecule has 1 aromatic rings. The molecule has 2 atom stereocenters. The topological polar surface area (TPSA) is 41.6 Å². The number of hydrogen-bond donors (Lipinski definition) is 1. The van der Waals surface area contributed by atoms with Gasteiger partial charge in [0.25, 0.3) is 0 Å². The summed E-state index contributed by atoms with van der Waals surface area (Å²) in [4.78, 5) is 14.7. The lowest BCUT2D eigenvalue weighted by Crippen LogP contribution is -2.45. The van der Waals surface area contributed by atoms with Crippen LogP contribution in [0.25, 0.3) is 0 Å². The maximum absolute atomic E-state index is 12.7. The molecule has 108 valence electrons. The first kappa shape index (κ1) is 13.6. The van der Waals surface area contributed by atoms with E-state index in [1.807, 2.05) is 11.9 Å². The first-order valence-corrected chi connectivity index (χ1v) is 7.40. The molecule has 1 aromatic carbocycles. The molecule has 2 unspecified atom stereocenters. The fourth-order valence-electron chi connectivity index (χ4n) is 3.20. The minimum atomic E-state index is -0.0267. The molecule has 4 nitrogen and oxygen atoms in total. The molecule has 20 heavy (non-hydrogen) atoms. The van der Waals surface area contributed by atoms with Crippen LogP contribution in [0.3, 0.4) is 0 Å². The second kappa shape index (κ2) is 5.94. The largest absolute Gasteiger partial charge is 0.379 e. The van der Waals surface area contributed by atoms with Crippen LogP contribution in [0, 0.1) is 5.92 Å². The number of fused-ring (bicyclic) bond motifs is 1. The van der Waals surface area contributed by atoms with Gasteiger partial charge in [-0.15, -0.1) is 0 Å². The first-order chi connectivity index (χ1) is 9.79. The summed E-state index contributed by atoms with van der Waals surface area (Å²) in [6, 6.07) is 8.68. The van der Waals surface area contributed by atoms with Crippen molar-refractivity contribution in [2.24, 2.45) is 5.92 Å². The van der Waals surface area contributed by atoms with E-state index in [0.717, 1.165) is 25.9 Å². The van der Waals surface area contributed by atoms with Gasteiger partial charge in [-0.3, -0.25) is 4.79 Å². The molecule has 0 radical (unpaired) electrons. The third-order valence-electron chi connectivity index (χ3n) is 4.50. The third-order valence-corrected chi connectivity index (χ3v) is 4.50. The van der Waals surface area contributed by atoms with Crippen LogP contribution in [-0.2, 0) is 22.4 Å². The number of rotatable bonds is 2. The van der Waals surface area contributed by atoms with E-state index >= 15 is 0 Å². The maximum Gasteiger partial charge on any atom is 0.229 e. The SMILES string of the molecule is CNC1COCC1C(=O)N1CCc2ccccc2CC1. The van der Waals surface area contributed by atoms with E-state index in [-0.39, 0.29) is 17.9 Å². The minimum Gasteiger partial charge on any atom is -0.379 e. The monoisotopic (exact) mass is 274 g/mol. The molecule has 1 N–H and O–H groups in total. The molecule has 1 fully saturated rings. The molecule has 0 aromatic heterocycles. The molecule has 2 heterocycles. The van der Waals surface area contributed by atoms with E-state index in [0.29, 0.717) is 13.2 Å². The molecule has 0 bridgehead atoms. The van der Waals surface area contributed by atoms with E-state index in [1.165, 1.54) is 11.1 Å². The molecule has 2 aliphatic rings. The van der Waals surface area contributed by atoms with Crippen molar-refractivity contribution in [1.29, 1.82) is 0 Å². The van der Waals surface area contributed by atoms with Crippen molar-refractivity contribution in [3.63, 3.8) is 0 Å². The minimum absolute atomic E-state index is 0.0267. The van der Waals surface area contributed by atoms with Gasteiger partial charge >= 0.3 is 0 Å². The number of nitrogens with one attached hydrogen (secondary N) is 1. The van der Waals surface area contributed by atoms with Crippen LogP contribution < -0.4 is 5.32 Å². The predicted molar refractivity (Wildman–Crippen MR) is 77.6 cm³/mol. The van der Waals surface area contributed by atoms with Crippen molar-refractivity contribution in [2.75, 3.05) is 33.4 Å². The van der Waals surface area contributed by atoms with Gasteiger partial charge in [-0.2, -0.15) is 0 Å². The Morgan fingerprint density at radius 2 is 1.85 bits per heavy atom. The van der Waals surface area contributed by atoms with Crippen LogP contribution in [0.4, 0.5) is 0 Å². The summed E-state index contributed by atoms with van der Waals surface area (Å²) >= 11 is 0. The number of benzene rings is 1. The number of amides is 1. The zero-order valence-corrected chi connectivity index (χ0v) is 12.0. The van der Waals surface area contributed by atoms with Gasteiger partial charge in [-0.25, -0.2) is 0 Å². The second-order valence-corrected chi connectivity index (χ2v) is 5.63. The smallest absolute Gasteiger partial charge is 0.229 e. The van der Waals surface area contributed by atoms with E-state index in [2.05, 4.69) is 29.6 Å². The third kappa shape index (κ3) is 2.58. The zero-order chi connectivity index (χ0) is 13.9. The lowest BCUT2D eigenvalue weighted by molar-refractivity contribution is -0.135. The van der Waals surface area contributed by atoms with Gasteiger partial charge in [0.1, 0.15) is 0 Å². The van der Waals surface area contributed by atoms with Gasteiger partial charge in [0.2, 0.25) is 5.91 Å². The average molecular weight is 274 g/mol. The summed E-state index contributed by atoms with van der Waals surface area (Å²) in [5, 5.41) is 3.19. The zero-order valence-electron chi connectivity index (χ0n) is 12.0. The summed E-state index contributed by atoms with van der Waals surface area (Å²) in [5.74, 6) is 0.218. The van der Waals surface area contributed by atoms with Crippen LogP contribution in [0.5, 0.6) is 0 Å². The number of carbonyl (C=O) groups excluding carboxylic acids is 1. The van der Waals surface area contributed by atoms with Gasteiger partial charge in [0, 0.05) is 19.1 Å². The highest BCUT2D eigenvalue weighted by atomic mass is 16.5. The van der Waals surface area contributed by atoms with Crippen LogP contribution in [0.15, 0.2) is 24.3 Å². The number of likely N-dealkylation sites (N-methyl/N-ethyl adjacent to an activating group) is 1. The molecule has 0 saturated carbocycles. The number of hydrogen-bond acceptors (Lipinski definition) is 3. The van der Waals surface area contributed by atoms with Crippen LogP contribution in [0.2, 0.25) is 0 Å². The van der Waals surface area contributed by atoms with E-state index in [1.54, 1.807) is 0 Å². The van der Waals surface area contributed by atoms with Crippen molar-refractivity contribution >= 4 is 5.91 Å². The summed E-state index contributed by atoms with van der Waals surface area (Å²) in [6.45, 7) is 2.83. The molecule has 0 spiro atoms. The molecule has 1 amide bonds. The Hall–Kier alpha value is -1.39. The summed E-state index contributed by atoms with van der Waals surface area (Å²) in [7, 11) is 1.90. The summed E-state index contributed by atoms with van der Waals surface area (Å²) in [5.41, 5.74) is 2.77. The molecule has 1 saturated heterocycles. The predicted octanol–water partition coefficient (Wildman–Crippen LogP) is 0.848. The summed E-state index contributed by atoms with van der Waals surface area (Å²) < 4.78 is 5.46. The average Bonchev–Trinajstić information content (AvgIpc) is 2.86. The fourth-order valence-corrected chi connectivity index (χ4v) is 3.20. The van der Waals surface area contributed by atoms with Gasteiger partial charge in [0.05, 0.1) is 19.1 Å². The molecular weight excluding hydrogens is 252 g/mol. The van der Waals surface area contributed by atoms with E-state index in [4.69, 9.17) is 4.74 Å². The van der Waals surface area contributed by atoms with Gasteiger partial charge in [-0.05, 0) is 31.0 Å². The second-order valence-electron chi connectivity index (χ2n) is 5.63. The van der Waals surface area contributed by atoms with E-state index < -0.39 is 0 Å². The Labute approximate surface area is 120 Å². The molecular formula is C16H22N2O2. The first-order valence-electron chi connectivity index (χ1n) is 7.40. The summed E-state index contributed by atoms with van der Waals surface area (Å²) in [6.07, 6.45) is 1.92. The standard InChI is InChI=1S/C16H22N2O2/c1-17-15-11-20-10-14(15)16(19)18-8-6-12-4-2-3-5-13(12)7-9-18/h2-5,14-15,17H,6-11H2,1H3. The molecule has 2 aliphatic heterocycles. The van der Waals surface area contributed by atoms with Crippen LogP contribution >= 0.6 is 0 Å². The number of nitrogens with zero attached hydrogens (tertiary/aromatic N) is 1. The van der Waals surface area contributed by atoms with Gasteiger partial charge in [-0.1, -0.05) is 24.3 Å². The Morgan fingerprint density at radius 1 is 1.20 bits per heavy atom. The van der Waals surface area contributed by atoms with Crippen molar-refractivity contribution in [2.45, 2.75) is 18.9 Å². The number of carbonyl (C=O) groups is 1. The molecule has 4 heteroatoms. The normalized spacial score (nSPS) is 26.1. The Kier molecular flexibility index (Phi) is 4.03. The highest BCUT2D eigenvalue weighted by molar-refractivity contribution is 5.80. The number of ether oxygens (including phenoxy) is 1. The Bertz CT molecular complexity index is 462. The van der Waals surface area contributed by atoms with Gasteiger partial charge in [0.15, 0.2) is 0 Å². The van der Waals surface area contributed by atoms with Crippen molar-refractivity contribution < 1.29 is 9.53 Å². The fraction of sp³-hybridized carbons (Fsp3) is 0.562. The van der Waals surface area contributed by atoms with Crippen molar-refractivity contribution in [1.82, 2.24) is 10.2 Å². The highest BCUT2D eigenvalue weighted by Gasteiger charge is 2.35. The van der Waals surface area contributed by atoms with Gasteiger partial charge < -0.3 is 15.0 Å². The Morgan fingerprint density at radius 3 is 2.45 bits per heavy atom. The van der Waals surface area contributed by atoms with Crippen LogP contribution in [0.1, 0.15) is 11.1 Å². The highest BCUT2D eigenvalue weighted by Crippen LogP contribution is 2.20. The van der Waals surface area contributed by atoms with Crippen molar-refractivity contribution in [3.05, 3.63) is 35.4 Å². The molecule has 0 aliphatic carbocycles. The van der Waals surface area contributed by atoms with E-state index in [9.17, 15) is 4.79 Å². The maximum atomic E-state index is 12.7.